The summed E-state index contributed by atoms with van der Waals surface area (Å²) in [5.41, 5.74) is 6.63. The minimum Gasteiger partial charge on any atom is -0.388 e. The van der Waals surface area contributed by atoms with E-state index in [2.05, 4.69) is 40.7 Å². The van der Waals surface area contributed by atoms with Gasteiger partial charge in [-0.3, -0.25) is 4.98 Å². The van der Waals surface area contributed by atoms with Gasteiger partial charge in [-0.25, -0.2) is 4.98 Å². The highest BCUT2D eigenvalue weighted by molar-refractivity contribution is 5.79. The lowest BCUT2D eigenvalue weighted by molar-refractivity contribution is 0.0925. The molecule has 2 aromatic carbocycles. The van der Waals surface area contributed by atoms with Crippen molar-refractivity contribution in [2.75, 3.05) is 6.61 Å². The number of aromatic nitrogens is 3. The minimum absolute atomic E-state index is 0.219. The zero-order chi connectivity index (χ0) is 22.6. The van der Waals surface area contributed by atoms with Crippen molar-refractivity contribution in [1.29, 1.82) is 5.26 Å². The Morgan fingerprint density at radius 2 is 1.76 bits per heavy atom. The fourth-order valence-corrected chi connectivity index (χ4v) is 4.35. The van der Waals surface area contributed by atoms with Crippen molar-refractivity contribution in [3.05, 3.63) is 90.0 Å². The molecule has 0 amide bonds. The molecule has 3 heterocycles. The van der Waals surface area contributed by atoms with Crippen molar-refractivity contribution in [2.45, 2.75) is 32.4 Å². The Balaban J connectivity index is 1.40. The van der Waals surface area contributed by atoms with Gasteiger partial charge < -0.3 is 14.0 Å². The second-order valence-electron chi connectivity index (χ2n) is 8.24. The fourth-order valence-electron chi connectivity index (χ4n) is 4.35. The van der Waals surface area contributed by atoms with Gasteiger partial charge in [-0.1, -0.05) is 42.0 Å². The molecule has 0 unspecified atom stereocenters. The molecular formula is C27H24N4O2. The number of hydrogen-bond donors (Lipinski definition) is 0. The van der Waals surface area contributed by atoms with E-state index < -0.39 is 0 Å². The van der Waals surface area contributed by atoms with Crippen LogP contribution in [-0.2, 0) is 17.8 Å². The molecular weight excluding hydrogens is 412 g/mol. The summed E-state index contributed by atoms with van der Waals surface area (Å²) in [6, 6.07) is 20.2. The van der Waals surface area contributed by atoms with Gasteiger partial charge in [0.2, 0.25) is 0 Å². The maximum absolute atomic E-state index is 8.62. The molecule has 1 aliphatic heterocycles. The molecule has 33 heavy (non-hydrogen) atoms. The summed E-state index contributed by atoms with van der Waals surface area (Å²) in [6.45, 7) is 3.20. The zero-order valence-corrected chi connectivity index (χ0v) is 18.4. The number of pyridine rings is 1. The van der Waals surface area contributed by atoms with Crippen LogP contribution in [-0.4, -0.2) is 21.1 Å². The van der Waals surface area contributed by atoms with Gasteiger partial charge in [0.05, 0.1) is 30.6 Å². The Bertz CT molecular complexity index is 1270. The third kappa shape index (κ3) is 4.36. The Morgan fingerprint density at radius 3 is 2.48 bits per heavy atom. The number of fused-ring (bicyclic) bond motifs is 1. The van der Waals surface area contributed by atoms with E-state index in [0.717, 1.165) is 46.7 Å². The van der Waals surface area contributed by atoms with Crippen LogP contribution < -0.4 is 4.74 Å². The molecule has 6 heteroatoms. The lowest BCUT2D eigenvalue weighted by Gasteiger charge is -2.18. The number of aryl methyl sites for hydroxylation is 2. The summed E-state index contributed by atoms with van der Waals surface area (Å²) in [4.78, 5) is 9.26. The van der Waals surface area contributed by atoms with Crippen molar-refractivity contribution in [3.63, 3.8) is 0 Å². The summed E-state index contributed by atoms with van der Waals surface area (Å²) in [5, 5.41) is 8.62. The van der Waals surface area contributed by atoms with Crippen LogP contribution in [0.5, 0.6) is 5.75 Å². The molecule has 4 aromatic rings. The van der Waals surface area contributed by atoms with Crippen molar-refractivity contribution < 1.29 is 9.47 Å². The van der Waals surface area contributed by atoms with Gasteiger partial charge in [0, 0.05) is 29.9 Å². The van der Waals surface area contributed by atoms with Crippen molar-refractivity contribution in [3.8, 4) is 34.5 Å². The lowest BCUT2D eigenvalue weighted by atomic mass is 10.0. The fraction of sp³-hybridized carbons (Fsp3) is 0.222. The van der Waals surface area contributed by atoms with Gasteiger partial charge >= 0.3 is 0 Å². The summed E-state index contributed by atoms with van der Waals surface area (Å²) in [6.07, 6.45) is 7.27. The number of rotatable bonds is 7. The molecule has 0 bridgehead atoms. The molecule has 0 saturated heterocycles. The summed E-state index contributed by atoms with van der Waals surface area (Å²) < 4.78 is 13.3. The second-order valence-corrected chi connectivity index (χ2v) is 8.24. The molecule has 5 rings (SSSR count). The van der Waals surface area contributed by atoms with E-state index >= 15 is 0 Å². The van der Waals surface area contributed by atoms with Gasteiger partial charge in [-0.05, 0) is 43.2 Å². The van der Waals surface area contributed by atoms with Crippen molar-refractivity contribution >= 4 is 0 Å². The molecule has 6 nitrogen and oxygen atoms in total. The summed E-state index contributed by atoms with van der Waals surface area (Å²) >= 11 is 0. The number of nitriles is 1. The number of imidazole rings is 1. The Labute approximate surface area is 193 Å². The van der Waals surface area contributed by atoms with E-state index in [1.54, 1.807) is 18.4 Å². The first kappa shape index (κ1) is 20.9. The van der Waals surface area contributed by atoms with E-state index in [9.17, 15) is 0 Å². The zero-order valence-electron chi connectivity index (χ0n) is 18.4. The average Bonchev–Trinajstić information content (AvgIpc) is 3.41. The van der Waals surface area contributed by atoms with Crippen molar-refractivity contribution in [2.24, 2.45) is 0 Å². The normalized spacial score (nSPS) is 14.6. The Hall–Kier alpha value is -3.95. The lowest BCUT2D eigenvalue weighted by Crippen LogP contribution is -2.13. The van der Waals surface area contributed by atoms with Crippen LogP contribution in [0.25, 0.3) is 22.5 Å². The monoisotopic (exact) mass is 436 g/mol. The van der Waals surface area contributed by atoms with E-state index in [1.807, 2.05) is 36.7 Å². The smallest absolute Gasteiger partial charge is 0.292 e. The standard InChI is InChI=1S/C27H24N4O2/c1-19-2-6-21(7-3-19)26-27(22-12-14-29-15-13-22)31-23(8-11-25(31)30-26)17-32-16-20-4-9-24(10-5-20)33-18-28/h2-7,9-10,12-15,23H,8,11,16-17H2,1H3/t23-/m0/s1. The first-order valence-electron chi connectivity index (χ1n) is 11.0. The molecule has 164 valence electrons. The van der Waals surface area contributed by atoms with Crippen LogP contribution in [0, 0.1) is 18.4 Å². The molecule has 0 radical (unpaired) electrons. The average molecular weight is 437 g/mol. The number of ether oxygens (including phenoxy) is 2. The molecule has 2 aromatic heterocycles. The van der Waals surface area contributed by atoms with Gasteiger partial charge in [0.25, 0.3) is 6.26 Å². The van der Waals surface area contributed by atoms with Crippen LogP contribution in [0.3, 0.4) is 0 Å². The van der Waals surface area contributed by atoms with Gasteiger partial charge in [-0.15, -0.1) is 5.26 Å². The van der Waals surface area contributed by atoms with Crippen LogP contribution in [0.1, 0.15) is 29.4 Å². The van der Waals surface area contributed by atoms with Crippen LogP contribution in [0.2, 0.25) is 0 Å². The van der Waals surface area contributed by atoms with E-state index in [-0.39, 0.29) is 6.04 Å². The third-order valence-corrected chi connectivity index (χ3v) is 6.00. The first-order chi connectivity index (χ1) is 16.2. The highest BCUT2D eigenvalue weighted by Gasteiger charge is 2.30. The number of nitrogens with zero attached hydrogens (tertiary/aromatic N) is 4. The highest BCUT2D eigenvalue weighted by atomic mass is 16.5. The summed E-state index contributed by atoms with van der Waals surface area (Å²) in [5.74, 6) is 1.63. The number of benzene rings is 2. The predicted octanol–water partition coefficient (Wildman–Crippen LogP) is 5.48. The molecule has 0 spiro atoms. The summed E-state index contributed by atoms with van der Waals surface area (Å²) in [7, 11) is 0. The second kappa shape index (κ2) is 9.27. The first-order valence-corrected chi connectivity index (χ1v) is 11.0. The van der Waals surface area contributed by atoms with Gasteiger partial charge in [0.15, 0.2) is 0 Å². The topological polar surface area (TPSA) is 73.0 Å². The molecule has 0 aliphatic carbocycles. The molecule has 1 atom stereocenters. The highest BCUT2D eigenvalue weighted by Crippen LogP contribution is 2.39. The van der Waals surface area contributed by atoms with Crippen LogP contribution in [0.4, 0.5) is 0 Å². The largest absolute Gasteiger partial charge is 0.388 e. The quantitative estimate of drug-likeness (QED) is 0.359. The molecule has 0 saturated carbocycles. The van der Waals surface area contributed by atoms with Gasteiger partial charge in [0.1, 0.15) is 11.6 Å². The maximum atomic E-state index is 8.62. The molecule has 0 fully saturated rings. The van der Waals surface area contributed by atoms with E-state index in [1.165, 1.54) is 5.56 Å². The van der Waals surface area contributed by atoms with Crippen LogP contribution >= 0.6 is 0 Å². The maximum Gasteiger partial charge on any atom is 0.292 e. The third-order valence-electron chi connectivity index (χ3n) is 6.00. The van der Waals surface area contributed by atoms with E-state index in [4.69, 9.17) is 19.7 Å². The van der Waals surface area contributed by atoms with Crippen molar-refractivity contribution in [1.82, 2.24) is 14.5 Å². The minimum atomic E-state index is 0.219. The SMILES string of the molecule is Cc1ccc(-c2nc3n(c2-c2ccncc2)[C@H](COCc2ccc(OC#N)cc2)CC3)cc1. The molecule has 1 aliphatic rings. The van der Waals surface area contributed by atoms with Gasteiger partial charge in [-0.2, -0.15) is 0 Å². The Morgan fingerprint density at radius 1 is 1.00 bits per heavy atom. The van der Waals surface area contributed by atoms with Crippen LogP contribution in [0.15, 0.2) is 73.1 Å². The van der Waals surface area contributed by atoms with E-state index in [0.29, 0.717) is 19.0 Å². The molecule has 0 N–H and O–H groups in total. The Kier molecular flexibility index (Phi) is 5.88. The predicted molar refractivity (Wildman–Crippen MR) is 125 cm³/mol. The number of hydrogen-bond acceptors (Lipinski definition) is 5.